The van der Waals surface area contributed by atoms with Crippen molar-refractivity contribution in [1.29, 1.82) is 0 Å². The molecular formula is C17H26BrNO2. The predicted molar refractivity (Wildman–Crippen MR) is 89.9 cm³/mol. The van der Waals surface area contributed by atoms with Crippen LogP contribution in [-0.4, -0.2) is 25.9 Å². The van der Waals surface area contributed by atoms with Crippen LogP contribution in [0.2, 0.25) is 0 Å². The Morgan fingerprint density at radius 3 is 2.81 bits per heavy atom. The molecule has 0 aliphatic carbocycles. The van der Waals surface area contributed by atoms with Gasteiger partial charge in [0.05, 0.1) is 12.7 Å². The lowest BCUT2D eigenvalue weighted by Gasteiger charge is -2.28. The van der Waals surface area contributed by atoms with Gasteiger partial charge in [0.25, 0.3) is 0 Å². The Kier molecular flexibility index (Phi) is 6.52. The minimum Gasteiger partial charge on any atom is -0.494 e. The average molecular weight is 356 g/mol. The SMILES string of the molecule is CCCNC(c1ccc(OCC)cc1Br)C1CCOC1C. The number of ether oxygens (including phenoxy) is 2. The number of benzene rings is 1. The molecule has 1 aliphatic rings. The quantitative estimate of drug-likeness (QED) is 0.790. The Bertz CT molecular complexity index is 452. The van der Waals surface area contributed by atoms with E-state index in [1.807, 2.05) is 6.92 Å². The van der Waals surface area contributed by atoms with E-state index in [2.05, 4.69) is 53.3 Å². The van der Waals surface area contributed by atoms with E-state index >= 15 is 0 Å². The van der Waals surface area contributed by atoms with Gasteiger partial charge >= 0.3 is 0 Å². The minimum atomic E-state index is 0.304. The van der Waals surface area contributed by atoms with Crippen LogP contribution in [0.15, 0.2) is 22.7 Å². The molecule has 0 saturated carbocycles. The maximum absolute atomic E-state index is 5.77. The molecule has 1 heterocycles. The molecule has 0 bridgehead atoms. The summed E-state index contributed by atoms with van der Waals surface area (Å²) in [5, 5.41) is 3.70. The maximum atomic E-state index is 5.77. The molecule has 1 aliphatic heterocycles. The lowest BCUT2D eigenvalue weighted by atomic mass is 9.88. The third kappa shape index (κ3) is 4.21. The fourth-order valence-electron chi connectivity index (χ4n) is 2.99. The van der Waals surface area contributed by atoms with Crippen molar-refractivity contribution in [1.82, 2.24) is 5.32 Å². The fraction of sp³-hybridized carbons (Fsp3) is 0.647. The van der Waals surface area contributed by atoms with Gasteiger partial charge in [-0.1, -0.05) is 28.9 Å². The Morgan fingerprint density at radius 1 is 1.43 bits per heavy atom. The molecule has 2 rings (SSSR count). The molecule has 1 aromatic rings. The predicted octanol–water partition coefficient (Wildman–Crippen LogP) is 4.31. The summed E-state index contributed by atoms with van der Waals surface area (Å²) < 4.78 is 12.5. The Labute approximate surface area is 136 Å². The number of halogens is 1. The average Bonchev–Trinajstić information content (AvgIpc) is 2.88. The standard InChI is InChI=1S/C17H26BrNO2/c1-4-9-19-17(14-8-10-21-12(14)3)15-7-6-13(20-5-2)11-16(15)18/h6-7,11-12,14,17,19H,4-5,8-10H2,1-3H3. The number of nitrogens with one attached hydrogen (secondary N) is 1. The molecule has 21 heavy (non-hydrogen) atoms. The first-order valence-corrected chi connectivity index (χ1v) is 8.73. The highest BCUT2D eigenvalue weighted by Crippen LogP contribution is 2.37. The normalized spacial score (nSPS) is 23.2. The van der Waals surface area contributed by atoms with Crippen molar-refractivity contribution in [2.75, 3.05) is 19.8 Å². The van der Waals surface area contributed by atoms with Crippen molar-refractivity contribution in [3.63, 3.8) is 0 Å². The second-order valence-corrected chi connectivity index (χ2v) is 6.43. The van der Waals surface area contributed by atoms with Gasteiger partial charge in [-0.25, -0.2) is 0 Å². The first-order chi connectivity index (χ1) is 10.2. The second-order valence-electron chi connectivity index (χ2n) is 5.58. The topological polar surface area (TPSA) is 30.5 Å². The van der Waals surface area contributed by atoms with Crippen LogP contribution < -0.4 is 10.1 Å². The van der Waals surface area contributed by atoms with Crippen LogP contribution in [0, 0.1) is 5.92 Å². The van der Waals surface area contributed by atoms with E-state index in [0.717, 1.165) is 36.2 Å². The maximum Gasteiger partial charge on any atom is 0.120 e. The van der Waals surface area contributed by atoms with Crippen molar-refractivity contribution in [3.8, 4) is 5.75 Å². The highest BCUT2D eigenvalue weighted by atomic mass is 79.9. The molecule has 3 atom stereocenters. The Hall–Kier alpha value is -0.580. The van der Waals surface area contributed by atoms with Crippen molar-refractivity contribution >= 4 is 15.9 Å². The molecule has 1 fully saturated rings. The highest BCUT2D eigenvalue weighted by Gasteiger charge is 2.33. The molecular weight excluding hydrogens is 330 g/mol. The van der Waals surface area contributed by atoms with Gasteiger partial charge in [-0.2, -0.15) is 0 Å². The summed E-state index contributed by atoms with van der Waals surface area (Å²) in [6.07, 6.45) is 2.55. The van der Waals surface area contributed by atoms with E-state index in [-0.39, 0.29) is 0 Å². The monoisotopic (exact) mass is 355 g/mol. The summed E-state index contributed by atoms with van der Waals surface area (Å²) in [7, 11) is 0. The smallest absolute Gasteiger partial charge is 0.120 e. The molecule has 1 N–H and O–H groups in total. The molecule has 118 valence electrons. The van der Waals surface area contributed by atoms with Gasteiger partial charge in [0.2, 0.25) is 0 Å². The lowest BCUT2D eigenvalue weighted by Crippen LogP contribution is -2.32. The van der Waals surface area contributed by atoms with E-state index < -0.39 is 0 Å². The van der Waals surface area contributed by atoms with Crippen LogP contribution >= 0.6 is 15.9 Å². The zero-order chi connectivity index (χ0) is 15.2. The van der Waals surface area contributed by atoms with Crippen molar-refractivity contribution in [2.45, 2.75) is 45.8 Å². The Balaban J connectivity index is 2.23. The summed E-state index contributed by atoms with van der Waals surface area (Å²) in [6.45, 7) is 8.97. The minimum absolute atomic E-state index is 0.304. The summed E-state index contributed by atoms with van der Waals surface area (Å²) >= 11 is 3.72. The van der Waals surface area contributed by atoms with Crippen LogP contribution in [0.5, 0.6) is 5.75 Å². The van der Waals surface area contributed by atoms with Gasteiger partial charge in [0.1, 0.15) is 5.75 Å². The molecule has 3 unspecified atom stereocenters. The van der Waals surface area contributed by atoms with Crippen LogP contribution in [-0.2, 0) is 4.74 Å². The van der Waals surface area contributed by atoms with E-state index in [9.17, 15) is 0 Å². The number of hydrogen-bond acceptors (Lipinski definition) is 3. The van der Waals surface area contributed by atoms with Gasteiger partial charge in [-0.05, 0) is 50.9 Å². The molecule has 0 radical (unpaired) electrons. The van der Waals surface area contributed by atoms with E-state index in [4.69, 9.17) is 9.47 Å². The van der Waals surface area contributed by atoms with Gasteiger partial charge in [0, 0.05) is 23.0 Å². The van der Waals surface area contributed by atoms with Crippen LogP contribution in [0.25, 0.3) is 0 Å². The van der Waals surface area contributed by atoms with E-state index in [1.165, 1.54) is 5.56 Å². The first-order valence-electron chi connectivity index (χ1n) is 7.94. The van der Waals surface area contributed by atoms with Gasteiger partial charge in [-0.3, -0.25) is 0 Å². The van der Waals surface area contributed by atoms with Gasteiger partial charge in [0.15, 0.2) is 0 Å². The molecule has 3 nitrogen and oxygen atoms in total. The molecule has 0 amide bonds. The summed E-state index contributed by atoms with van der Waals surface area (Å²) in [5.41, 5.74) is 1.30. The lowest BCUT2D eigenvalue weighted by molar-refractivity contribution is 0.0953. The van der Waals surface area contributed by atoms with Gasteiger partial charge in [-0.15, -0.1) is 0 Å². The van der Waals surface area contributed by atoms with Gasteiger partial charge < -0.3 is 14.8 Å². The third-order valence-electron chi connectivity index (χ3n) is 4.10. The van der Waals surface area contributed by atoms with Crippen molar-refractivity contribution in [3.05, 3.63) is 28.2 Å². The zero-order valence-electron chi connectivity index (χ0n) is 13.2. The van der Waals surface area contributed by atoms with E-state index in [0.29, 0.717) is 24.7 Å². The van der Waals surface area contributed by atoms with E-state index in [1.54, 1.807) is 0 Å². The van der Waals surface area contributed by atoms with Crippen molar-refractivity contribution < 1.29 is 9.47 Å². The Morgan fingerprint density at radius 2 is 2.24 bits per heavy atom. The third-order valence-corrected chi connectivity index (χ3v) is 4.78. The summed E-state index contributed by atoms with van der Waals surface area (Å²) in [5.74, 6) is 1.43. The van der Waals surface area contributed by atoms with Crippen LogP contribution in [0.1, 0.15) is 45.2 Å². The highest BCUT2D eigenvalue weighted by molar-refractivity contribution is 9.10. The zero-order valence-corrected chi connectivity index (χ0v) is 14.8. The molecule has 1 saturated heterocycles. The molecule has 4 heteroatoms. The van der Waals surface area contributed by atoms with Crippen molar-refractivity contribution in [2.24, 2.45) is 5.92 Å². The molecule has 0 spiro atoms. The number of hydrogen-bond donors (Lipinski definition) is 1. The fourth-order valence-corrected chi connectivity index (χ4v) is 3.60. The van der Waals surface area contributed by atoms with Crippen LogP contribution in [0.3, 0.4) is 0 Å². The molecule has 0 aromatic heterocycles. The largest absolute Gasteiger partial charge is 0.494 e. The second kappa shape index (κ2) is 8.16. The summed E-state index contributed by atoms with van der Waals surface area (Å²) in [6, 6.07) is 6.63. The first kappa shape index (κ1) is 16.8. The number of rotatable bonds is 7. The molecule has 1 aromatic carbocycles. The summed E-state index contributed by atoms with van der Waals surface area (Å²) in [4.78, 5) is 0. The van der Waals surface area contributed by atoms with Crippen LogP contribution in [0.4, 0.5) is 0 Å².